The molecule has 0 N–H and O–H groups in total. The first-order valence-corrected chi connectivity index (χ1v) is 4.75. The minimum absolute atomic E-state index is 0.123. The van der Waals surface area contributed by atoms with E-state index in [2.05, 4.69) is 17.7 Å². The molecule has 0 aliphatic carbocycles. The van der Waals surface area contributed by atoms with Crippen molar-refractivity contribution in [3.63, 3.8) is 0 Å². The van der Waals surface area contributed by atoms with E-state index in [1.807, 2.05) is 20.8 Å². The van der Waals surface area contributed by atoms with Crippen LogP contribution in [0.25, 0.3) is 0 Å². The molecular formula is C9H14N2O2S. The lowest BCUT2D eigenvalue weighted by Crippen LogP contribution is -2.26. The number of rotatable bonds is 2. The van der Waals surface area contributed by atoms with Gasteiger partial charge in [0.15, 0.2) is 0 Å². The number of thiol groups is 1. The van der Waals surface area contributed by atoms with Crippen LogP contribution < -0.4 is 0 Å². The average Bonchev–Trinajstić information content (AvgIpc) is 2.30. The van der Waals surface area contributed by atoms with E-state index in [1.165, 1.54) is 4.68 Å². The molecule has 14 heavy (non-hydrogen) atoms. The lowest BCUT2D eigenvalue weighted by molar-refractivity contribution is -0.155. The van der Waals surface area contributed by atoms with Gasteiger partial charge in [0.05, 0.1) is 6.20 Å². The summed E-state index contributed by atoms with van der Waals surface area (Å²) in [7, 11) is 0. The summed E-state index contributed by atoms with van der Waals surface area (Å²) in [5.74, 6) is -0.297. The van der Waals surface area contributed by atoms with Crippen molar-refractivity contribution in [3.8, 4) is 0 Å². The van der Waals surface area contributed by atoms with E-state index in [1.54, 1.807) is 12.4 Å². The molecule has 5 heteroatoms. The third-order valence-corrected chi connectivity index (χ3v) is 1.56. The molecule has 0 saturated heterocycles. The molecule has 0 amide bonds. The summed E-state index contributed by atoms with van der Waals surface area (Å²) >= 11 is 4.08. The molecule has 1 aromatic heterocycles. The Morgan fingerprint density at radius 2 is 2.29 bits per heavy atom. The molecule has 0 radical (unpaired) electrons. The highest BCUT2D eigenvalue weighted by Gasteiger charge is 2.16. The van der Waals surface area contributed by atoms with Crippen molar-refractivity contribution in [2.75, 3.05) is 0 Å². The van der Waals surface area contributed by atoms with Crippen molar-refractivity contribution in [2.24, 2.45) is 0 Å². The van der Waals surface area contributed by atoms with Gasteiger partial charge in [-0.25, -0.2) is 0 Å². The van der Waals surface area contributed by atoms with Gasteiger partial charge in [0.25, 0.3) is 0 Å². The van der Waals surface area contributed by atoms with Gasteiger partial charge >= 0.3 is 5.97 Å². The SMILES string of the molecule is CC(C)(C)OC(=O)Cn1cc(S)cn1. The molecule has 0 unspecified atom stereocenters. The molecule has 0 bridgehead atoms. The number of aromatic nitrogens is 2. The maximum absolute atomic E-state index is 11.3. The fourth-order valence-electron chi connectivity index (χ4n) is 0.945. The molecule has 4 nitrogen and oxygen atoms in total. The zero-order chi connectivity index (χ0) is 10.8. The van der Waals surface area contributed by atoms with Crippen molar-refractivity contribution >= 4 is 18.6 Å². The number of hydrogen-bond acceptors (Lipinski definition) is 4. The third-order valence-electron chi connectivity index (χ3n) is 1.33. The fourth-order valence-corrected chi connectivity index (χ4v) is 1.13. The Bertz CT molecular complexity index is 328. The van der Waals surface area contributed by atoms with E-state index < -0.39 is 5.60 Å². The van der Waals surface area contributed by atoms with Gasteiger partial charge in [-0.3, -0.25) is 9.48 Å². The lowest BCUT2D eigenvalue weighted by atomic mass is 10.2. The van der Waals surface area contributed by atoms with Gasteiger partial charge in [-0.2, -0.15) is 5.10 Å². The van der Waals surface area contributed by atoms with Crippen molar-refractivity contribution in [2.45, 2.75) is 37.8 Å². The first kappa shape index (κ1) is 11.1. The van der Waals surface area contributed by atoms with E-state index in [9.17, 15) is 4.79 Å². The normalized spacial score (nSPS) is 11.4. The fraction of sp³-hybridized carbons (Fsp3) is 0.556. The van der Waals surface area contributed by atoms with Crippen LogP contribution >= 0.6 is 12.6 Å². The Morgan fingerprint density at radius 3 is 2.71 bits per heavy atom. The number of hydrogen-bond donors (Lipinski definition) is 1. The molecule has 0 saturated carbocycles. The Kier molecular flexibility index (Phi) is 3.21. The van der Waals surface area contributed by atoms with Crippen LogP contribution in [0, 0.1) is 0 Å². The topological polar surface area (TPSA) is 44.1 Å². The van der Waals surface area contributed by atoms with E-state index >= 15 is 0 Å². The van der Waals surface area contributed by atoms with Gasteiger partial charge in [0.1, 0.15) is 12.1 Å². The Morgan fingerprint density at radius 1 is 1.64 bits per heavy atom. The second kappa shape index (κ2) is 4.04. The van der Waals surface area contributed by atoms with Crippen LogP contribution in [-0.2, 0) is 16.1 Å². The van der Waals surface area contributed by atoms with Gasteiger partial charge in [-0.05, 0) is 20.8 Å². The maximum Gasteiger partial charge on any atom is 0.328 e. The average molecular weight is 214 g/mol. The van der Waals surface area contributed by atoms with Crippen LogP contribution in [0.15, 0.2) is 17.3 Å². The minimum atomic E-state index is -0.450. The first-order valence-electron chi connectivity index (χ1n) is 4.30. The molecular weight excluding hydrogens is 200 g/mol. The van der Waals surface area contributed by atoms with Crippen molar-refractivity contribution in [3.05, 3.63) is 12.4 Å². The molecule has 0 spiro atoms. The van der Waals surface area contributed by atoms with Crippen LogP contribution in [0.2, 0.25) is 0 Å². The van der Waals surface area contributed by atoms with Crippen molar-refractivity contribution in [1.29, 1.82) is 0 Å². The summed E-state index contributed by atoms with van der Waals surface area (Å²) in [5.41, 5.74) is -0.450. The molecule has 1 rings (SSSR count). The maximum atomic E-state index is 11.3. The van der Waals surface area contributed by atoms with Gasteiger partial charge in [0, 0.05) is 11.1 Å². The van der Waals surface area contributed by atoms with Crippen molar-refractivity contribution < 1.29 is 9.53 Å². The summed E-state index contributed by atoms with van der Waals surface area (Å²) in [6.45, 7) is 5.62. The number of ether oxygens (including phenoxy) is 1. The Balaban J connectivity index is 2.50. The van der Waals surface area contributed by atoms with Crippen LogP contribution in [0.5, 0.6) is 0 Å². The second-order valence-corrected chi connectivity index (χ2v) is 4.50. The van der Waals surface area contributed by atoms with Crippen LogP contribution in [0.1, 0.15) is 20.8 Å². The van der Waals surface area contributed by atoms with E-state index in [-0.39, 0.29) is 12.5 Å². The van der Waals surface area contributed by atoms with Gasteiger partial charge < -0.3 is 4.74 Å². The molecule has 78 valence electrons. The predicted molar refractivity (Wildman–Crippen MR) is 55.3 cm³/mol. The van der Waals surface area contributed by atoms with Crippen LogP contribution in [0.3, 0.4) is 0 Å². The largest absolute Gasteiger partial charge is 0.459 e. The summed E-state index contributed by atoms with van der Waals surface area (Å²) < 4.78 is 6.62. The second-order valence-electron chi connectivity index (χ2n) is 3.98. The third kappa shape index (κ3) is 3.83. The molecule has 1 heterocycles. The van der Waals surface area contributed by atoms with E-state index in [0.717, 1.165) is 4.90 Å². The number of esters is 1. The minimum Gasteiger partial charge on any atom is -0.459 e. The lowest BCUT2D eigenvalue weighted by Gasteiger charge is -2.19. The Labute approximate surface area is 88.7 Å². The highest BCUT2D eigenvalue weighted by molar-refractivity contribution is 7.80. The molecule has 0 aliphatic rings. The molecule has 0 aromatic carbocycles. The van der Waals surface area contributed by atoms with E-state index in [4.69, 9.17) is 4.74 Å². The predicted octanol–water partition coefficient (Wildman–Crippen LogP) is 1.51. The van der Waals surface area contributed by atoms with Crippen LogP contribution in [-0.4, -0.2) is 21.4 Å². The zero-order valence-electron chi connectivity index (χ0n) is 8.52. The van der Waals surface area contributed by atoms with Gasteiger partial charge in [0.2, 0.25) is 0 Å². The quantitative estimate of drug-likeness (QED) is 0.599. The van der Waals surface area contributed by atoms with Crippen molar-refractivity contribution in [1.82, 2.24) is 9.78 Å². The van der Waals surface area contributed by atoms with Gasteiger partial charge in [-0.15, -0.1) is 12.6 Å². The Hall–Kier alpha value is -0.970. The molecule has 0 aliphatic heterocycles. The summed E-state index contributed by atoms with van der Waals surface area (Å²) in [6, 6.07) is 0. The molecule has 1 aromatic rings. The standard InChI is InChI=1S/C9H14N2O2S/c1-9(2,3)13-8(12)6-11-5-7(14)4-10-11/h4-5,14H,6H2,1-3H3. The summed E-state index contributed by atoms with van der Waals surface area (Å²) in [5, 5.41) is 3.93. The number of carbonyl (C=O) groups excluding carboxylic acids is 1. The summed E-state index contributed by atoms with van der Waals surface area (Å²) in [6.07, 6.45) is 3.25. The number of nitrogens with zero attached hydrogens (tertiary/aromatic N) is 2. The van der Waals surface area contributed by atoms with E-state index in [0.29, 0.717) is 0 Å². The van der Waals surface area contributed by atoms with Gasteiger partial charge in [-0.1, -0.05) is 0 Å². The smallest absolute Gasteiger partial charge is 0.328 e. The monoisotopic (exact) mass is 214 g/mol. The highest BCUT2D eigenvalue weighted by atomic mass is 32.1. The summed E-state index contributed by atoms with van der Waals surface area (Å²) in [4.78, 5) is 12.1. The molecule has 0 fully saturated rings. The molecule has 0 atom stereocenters. The van der Waals surface area contributed by atoms with Crippen LogP contribution in [0.4, 0.5) is 0 Å². The highest BCUT2D eigenvalue weighted by Crippen LogP contribution is 2.08. The first-order chi connectivity index (χ1) is 6.37. The number of carbonyl (C=O) groups is 1. The zero-order valence-corrected chi connectivity index (χ0v) is 9.41.